The molecule has 0 aromatic carbocycles. The zero-order chi connectivity index (χ0) is 10.4. The summed E-state index contributed by atoms with van der Waals surface area (Å²) in [5.41, 5.74) is 0.788. The minimum absolute atomic E-state index is 0.223. The Balaban J connectivity index is 1.81. The van der Waals surface area contributed by atoms with Gasteiger partial charge in [-0.1, -0.05) is 5.21 Å². The Kier molecular flexibility index (Phi) is 2.03. The zero-order valence-corrected chi connectivity index (χ0v) is 8.71. The van der Waals surface area contributed by atoms with Gasteiger partial charge >= 0.3 is 0 Å². The van der Waals surface area contributed by atoms with E-state index in [1.54, 1.807) is 17.9 Å². The van der Waals surface area contributed by atoms with E-state index in [1.807, 2.05) is 0 Å². The molecule has 4 unspecified atom stereocenters. The maximum Gasteiger partial charge on any atom is 0.103 e. The van der Waals surface area contributed by atoms with E-state index in [4.69, 9.17) is 4.74 Å². The topological polar surface area (TPSA) is 60.2 Å². The summed E-state index contributed by atoms with van der Waals surface area (Å²) in [6.07, 6.45) is 4.96. The van der Waals surface area contributed by atoms with Crippen molar-refractivity contribution >= 4 is 0 Å². The molecule has 4 atom stereocenters. The van der Waals surface area contributed by atoms with E-state index < -0.39 is 6.10 Å². The first-order chi connectivity index (χ1) is 7.25. The van der Waals surface area contributed by atoms with Crippen LogP contribution in [0.15, 0.2) is 6.20 Å². The lowest BCUT2D eigenvalue weighted by molar-refractivity contribution is 0.0385. The molecule has 0 amide bonds. The first-order valence-electron chi connectivity index (χ1n) is 5.44. The first kappa shape index (κ1) is 9.30. The Morgan fingerprint density at radius 2 is 2.47 bits per heavy atom. The smallest absolute Gasteiger partial charge is 0.103 e. The molecule has 2 aliphatic heterocycles. The number of aliphatic hydroxyl groups is 1. The Bertz CT molecular complexity index is 365. The first-order valence-corrected chi connectivity index (χ1v) is 5.44. The zero-order valence-electron chi connectivity index (χ0n) is 8.71. The average molecular weight is 209 g/mol. The molecule has 0 spiro atoms. The van der Waals surface area contributed by atoms with Crippen LogP contribution in [-0.4, -0.2) is 32.3 Å². The van der Waals surface area contributed by atoms with Crippen LogP contribution in [0.3, 0.4) is 0 Å². The second-order valence-electron chi connectivity index (χ2n) is 4.50. The SMILES string of the molecule is Cn1nncc1C(O)C1CC2CCC1O2. The number of rotatable bonds is 2. The van der Waals surface area contributed by atoms with Crippen LogP contribution >= 0.6 is 0 Å². The summed E-state index contributed by atoms with van der Waals surface area (Å²) in [6, 6.07) is 0. The number of hydrogen-bond donors (Lipinski definition) is 1. The van der Waals surface area contributed by atoms with Crippen LogP contribution < -0.4 is 0 Å². The van der Waals surface area contributed by atoms with Crippen LogP contribution in [0, 0.1) is 5.92 Å². The highest BCUT2D eigenvalue weighted by molar-refractivity contribution is 5.05. The van der Waals surface area contributed by atoms with Crippen molar-refractivity contribution in [2.75, 3.05) is 0 Å². The fourth-order valence-corrected chi connectivity index (χ4v) is 2.79. The molecule has 1 aromatic heterocycles. The summed E-state index contributed by atoms with van der Waals surface area (Å²) in [4.78, 5) is 0. The van der Waals surface area contributed by atoms with Crippen LogP contribution in [0.4, 0.5) is 0 Å². The molecule has 82 valence electrons. The lowest BCUT2D eigenvalue weighted by Crippen LogP contribution is -2.25. The van der Waals surface area contributed by atoms with E-state index in [0.29, 0.717) is 6.10 Å². The van der Waals surface area contributed by atoms with Crippen molar-refractivity contribution in [3.05, 3.63) is 11.9 Å². The second kappa shape index (κ2) is 3.28. The predicted octanol–water partition coefficient (Wildman–Crippen LogP) is 0.416. The largest absolute Gasteiger partial charge is 0.386 e. The van der Waals surface area contributed by atoms with Gasteiger partial charge in [-0.15, -0.1) is 5.10 Å². The van der Waals surface area contributed by atoms with Crippen molar-refractivity contribution in [2.45, 2.75) is 37.6 Å². The van der Waals surface area contributed by atoms with Crippen LogP contribution in [0.5, 0.6) is 0 Å². The van der Waals surface area contributed by atoms with Crippen LogP contribution in [0.2, 0.25) is 0 Å². The Morgan fingerprint density at radius 3 is 3.00 bits per heavy atom. The summed E-state index contributed by atoms with van der Waals surface area (Å²) >= 11 is 0. The number of hydrogen-bond acceptors (Lipinski definition) is 4. The number of ether oxygens (including phenoxy) is 1. The molecule has 0 saturated carbocycles. The summed E-state index contributed by atoms with van der Waals surface area (Å²) in [5.74, 6) is 0.223. The number of aromatic nitrogens is 3. The second-order valence-corrected chi connectivity index (χ2v) is 4.50. The van der Waals surface area contributed by atoms with E-state index >= 15 is 0 Å². The third-order valence-corrected chi connectivity index (χ3v) is 3.61. The highest BCUT2D eigenvalue weighted by Gasteiger charge is 2.45. The number of nitrogens with zero attached hydrogens (tertiary/aromatic N) is 3. The van der Waals surface area contributed by atoms with Gasteiger partial charge in [-0.2, -0.15) is 0 Å². The summed E-state index contributed by atoms with van der Waals surface area (Å²) < 4.78 is 7.37. The minimum atomic E-state index is -0.486. The third-order valence-electron chi connectivity index (χ3n) is 3.61. The van der Waals surface area contributed by atoms with Gasteiger partial charge in [-0.25, -0.2) is 4.68 Å². The van der Waals surface area contributed by atoms with Crippen molar-refractivity contribution in [1.82, 2.24) is 15.0 Å². The van der Waals surface area contributed by atoms with E-state index in [0.717, 1.165) is 25.0 Å². The number of aliphatic hydroxyl groups excluding tert-OH is 1. The van der Waals surface area contributed by atoms with Crippen LogP contribution in [0.1, 0.15) is 31.1 Å². The minimum Gasteiger partial charge on any atom is -0.386 e. The molecular formula is C10H15N3O2. The Hall–Kier alpha value is -0.940. The molecular weight excluding hydrogens is 194 g/mol. The van der Waals surface area contributed by atoms with Crippen molar-refractivity contribution in [3.8, 4) is 0 Å². The monoisotopic (exact) mass is 209 g/mol. The summed E-state index contributed by atoms with van der Waals surface area (Å²) in [7, 11) is 1.81. The standard InChI is InChI=1S/C10H15N3O2/c1-13-8(5-11-12-13)10(14)7-4-6-2-3-9(7)15-6/h5-7,9-10,14H,2-4H2,1H3. The molecule has 5 nitrogen and oxygen atoms in total. The molecule has 5 heteroatoms. The van der Waals surface area contributed by atoms with E-state index in [2.05, 4.69) is 10.3 Å². The molecule has 2 aliphatic rings. The van der Waals surface area contributed by atoms with Crippen molar-refractivity contribution < 1.29 is 9.84 Å². The molecule has 0 aliphatic carbocycles. The summed E-state index contributed by atoms with van der Waals surface area (Å²) in [6.45, 7) is 0. The Morgan fingerprint density at radius 1 is 1.60 bits per heavy atom. The van der Waals surface area contributed by atoms with Crippen molar-refractivity contribution in [2.24, 2.45) is 13.0 Å². The van der Waals surface area contributed by atoms with Crippen molar-refractivity contribution in [3.63, 3.8) is 0 Å². The molecule has 3 heterocycles. The number of fused-ring (bicyclic) bond motifs is 2. The maximum absolute atomic E-state index is 10.2. The fourth-order valence-electron chi connectivity index (χ4n) is 2.79. The van der Waals surface area contributed by atoms with Gasteiger partial charge in [0.15, 0.2) is 0 Å². The molecule has 1 N–H and O–H groups in total. The van der Waals surface area contributed by atoms with Gasteiger partial charge in [0.25, 0.3) is 0 Å². The molecule has 1 aromatic rings. The van der Waals surface area contributed by atoms with Gasteiger partial charge in [-0.3, -0.25) is 0 Å². The summed E-state index contributed by atoms with van der Waals surface area (Å²) in [5, 5.41) is 17.9. The third kappa shape index (κ3) is 1.38. The maximum atomic E-state index is 10.2. The fraction of sp³-hybridized carbons (Fsp3) is 0.800. The van der Waals surface area contributed by atoms with Gasteiger partial charge in [0, 0.05) is 13.0 Å². The van der Waals surface area contributed by atoms with E-state index in [1.165, 1.54) is 0 Å². The Labute approximate surface area is 88.0 Å². The normalized spacial score (nSPS) is 36.0. The number of aryl methyl sites for hydroxylation is 1. The van der Waals surface area contributed by atoms with Gasteiger partial charge < -0.3 is 9.84 Å². The molecule has 15 heavy (non-hydrogen) atoms. The van der Waals surface area contributed by atoms with E-state index in [9.17, 15) is 5.11 Å². The van der Waals surface area contributed by atoms with Crippen molar-refractivity contribution in [1.29, 1.82) is 0 Å². The van der Waals surface area contributed by atoms with Crippen LogP contribution in [0.25, 0.3) is 0 Å². The van der Waals surface area contributed by atoms with Gasteiger partial charge in [-0.05, 0) is 19.3 Å². The van der Waals surface area contributed by atoms with Gasteiger partial charge in [0.2, 0.25) is 0 Å². The molecule has 2 bridgehead atoms. The highest BCUT2D eigenvalue weighted by atomic mass is 16.5. The molecule has 3 rings (SSSR count). The van der Waals surface area contributed by atoms with E-state index in [-0.39, 0.29) is 12.0 Å². The van der Waals surface area contributed by atoms with Crippen LogP contribution in [-0.2, 0) is 11.8 Å². The average Bonchev–Trinajstić information content (AvgIpc) is 2.91. The highest BCUT2D eigenvalue weighted by Crippen LogP contribution is 2.44. The molecule has 2 fully saturated rings. The molecule has 2 saturated heterocycles. The quantitative estimate of drug-likeness (QED) is 0.766. The molecule has 0 radical (unpaired) electrons. The lowest BCUT2D eigenvalue weighted by atomic mass is 9.84. The van der Waals surface area contributed by atoms with Gasteiger partial charge in [0.1, 0.15) is 6.10 Å². The predicted molar refractivity (Wildman–Crippen MR) is 52.0 cm³/mol. The lowest BCUT2D eigenvalue weighted by Gasteiger charge is -2.23. The van der Waals surface area contributed by atoms with Gasteiger partial charge in [0.05, 0.1) is 24.1 Å².